The highest BCUT2D eigenvalue weighted by molar-refractivity contribution is 9.10. The molecule has 0 unspecified atom stereocenters. The second-order valence-electron chi connectivity index (χ2n) is 4.14. The second kappa shape index (κ2) is 5.82. The highest BCUT2D eigenvalue weighted by Crippen LogP contribution is 2.24. The molecule has 0 aliphatic heterocycles. The van der Waals surface area contributed by atoms with Gasteiger partial charge in [0.25, 0.3) is 10.0 Å². The van der Waals surface area contributed by atoms with Crippen molar-refractivity contribution in [1.82, 2.24) is 0 Å². The second-order valence-corrected chi connectivity index (χ2v) is 6.68. The molecule has 0 saturated heterocycles. The molecule has 2 aromatic rings. The average molecular weight is 357 g/mol. The predicted octanol–water partition coefficient (Wildman–Crippen LogP) is 2.32. The molecule has 7 heteroatoms. The van der Waals surface area contributed by atoms with Gasteiger partial charge in [-0.25, -0.2) is 8.42 Å². The third-order valence-corrected chi connectivity index (χ3v) is 4.77. The van der Waals surface area contributed by atoms with Gasteiger partial charge in [0.1, 0.15) is 0 Å². The summed E-state index contributed by atoms with van der Waals surface area (Å²) in [4.78, 5) is 0.0874. The van der Waals surface area contributed by atoms with Crippen LogP contribution in [0.2, 0.25) is 0 Å². The first-order chi connectivity index (χ1) is 9.42. The van der Waals surface area contributed by atoms with Crippen LogP contribution in [0.3, 0.4) is 0 Å². The van der Waals surface area contributed by atoms with Crippen LogP contribution < -0.4 is 10.5 Å². The van der Waals surface area contributed by atoms with E-state index in [1.807, 2.05) is 0 Å². The first-order valence-electron chi connectivity index (χ1n) is 5.70. The molecule has 0 atom stereocenters. The van der Waals surface area contributed by atoms with Crippen molar-refractivity contribution in [1.29, 1.82) is 0 Å². The van der Waals surface area contributed by atoms with Crippen molar-refractivity contribution in [3.63, 3.8) is 0 Å². The lowest BCUT2D eigenvalue weighted by Crippen LogP contribution is -2.13. The van der Waals surface area contributed by atoms with E-state index in [0.29, 0.717) is 21.4 Å². The number of hydrogen-bond donors (Lipinski definition) is 3. The molecule has 0 saturated carbocycles. The van der Waals surface area contributed by atoms with Gasteiger partial charge >= 0.3 is 0 Å². The molecule has 20 heavy (non-hydrogen) atoms. The highest BCUT2D eigenvalue weighted by Gasteiger charge is 2.15. The first kappa shape index (κ1) is 14.8. The molecule has 0 fully saturated rings. The fourth-order valence-electron chi connectivity index (χ4n) is 1.58. The van der Waals surface area contributed by atoms with E-state index in [0.717, 1.165) is 0 Å². The lowest BCUT2D eigenvalue weighted by molar-refractivity contribution is 0.282. The van der Waals surface area contributed by atoms with Crippen molar-refractivity contribution >= 4 is 37.3 Å². The Morgan fingerprint density at radius 2 is 1.80 bits per heavy atom. The number of sulfonamides is 1. The lowest BCUT2D eigenvalue weighted by Gasteiger charge is -2.09. The maximum atomic E-state index is 12.2. The predicted molar refractivity (Wildman–Crippen MR) is 81.7 cm³/mol. The molecule has 2 aromatic carbocycles. The van der Waals surface area contributed by atoms with E-state index < -0.39 is 10.0 Å². The van der Waals surface area contributed by atoms with Crippen molar-refractivity contribution in [2.45, 2.75) is 11.5 Å². The summed E-state index contributed by atoms with van der Waals surface area (Å²) >= 11 is 3.21. The van der Waals surface area contributed by atoms with Crippen LogP contribution >= 0.6 is 15.9 Å². The number of aliphatic hydroxyl groups is 1. The number of nitrogens with one attached hydrogen (secondary N) is 1. The van der Waals surface area contributed by atoms with Crippen LogP contribution in [0.5, 0.6) is 0 Å². The first-order valence-corrected chi connectivity index (χ1v) is 7.97. The molecule has 2 rings (SSSR count). The van der Waals surface area contributed by atoms with Crippen LogP contribution in [0.4, 0.5) is 11.4 Å². The Bertz CT molecular complexity index is 715. The molecule has 106 valence electrons. The molecule has 0 aliphatic rings. The molecule has 0 aliphatic carbocycles. The monoisotopic (exact) mass is 356 g/mol. The zero-order chi connectivity index (χ0) is 14.8. The quantitative estimate of drug-likeness (QED) is 0.733. The normalized spacial score (nSPS) is 11.3. The Morgan fingerprint density at radius 1 is 1.15 bits per heavy atom. The van der Waals surface area contributed by atoms with Crippen LogP contribution in [-0.4, -0.2) is 13.5 Å². The smallest absolute Gasteiger partial charge is 0.261 e. The number of rotatable bonds is 4. The highest BCUT2D eigenvalue weighted by atomic mass is 79.9. The molecular weight excluding hydrogens is 344 g/mol. The molecule has 0 bridgehead atoms. The van der Waals surface area contributed by atoms with E-state index in [9.17, 15) is 8.42 Å². The number of aliphatic hydroxyl groups excluding tert-OH is 1. The summed E-state index contributed by atoms with van der Waals surface area (Å²) in [7, 11) is -3.69. The minimum atomic E-state index is -3.69. The Kier molecular flexibility index (Phi) is 4.32. The number of nitrogens with two attached hydrogens (primary N) is 1. The zero-order valence-electron chi connectivity index (χ0n) is 10.4. The maximum absolute atomic E-state index is 12.2. The topological polar surface area (TPSA) is 92.4 Å². The molecule has 0 heterocycles. The van der Waals surface area contributed by atoms with Gasteiger partial charge in [-0.3, -0.25) is 4.72 Å². The number of nitrogen functional groups attached to an aromatic ring is 1. The number of benzene rings is 2. The van der Waals surface area contributed by atoms with Gasteiger partial charge < -0.3 is 10.8 Å². The third kappa shape index (κ3) is 3.30. The molecule has 0 spiro atoms. The summed E-state index contributed by atoms with van der Waals surface area (Å²) in [5.74, 6) is 0. The van der Waals surface area contributed by atoms with Crippen molar-refractivity contribution in [3.05, 3.63) is 52.5 Å². The van der Waals surface area contributed by atoms with Crippen molar-refractivity contribution < 1.29 is 13.5 Å². The molecule has 0 aromatic heterocycles. The Balaban J connectivity index is 2.27. The molecule has 0 radical (unpaired) electrons. The van der Waals surface area contributed by atoms with Crippen molar-refractivity contribution in [2.75, 3.05) is 10.5 Å². The van der Waals surface area contributed by atoms with E-state index in [-0.39, 0.29) is 11.5 Å². The summed E-state index contributed by atoms with van der Waals surface area (Å²) in [6.45, 7) is -0.0870. The minimum Gasteiger partial charge on any atom is -0.398 e. The van der Waals surface area contributed by atoms with Gasteiger partial charge in [-0.2, -0.15) is 0 Å². The lowest BCUT2D eigenvalue weighted by atomic mass is 10.2. The third-order valence-electron chi connectivity index (χ3n) is 2.67. The summed E-state index contributed by atoms with van der Waals surface area (Å²) in [5, 5.41) is 8.94. The van der Waals surface area contributed by atoms with Crippen molar-refractivity contribution in [3.8, 4) is 0 Å². The maximum Gasteiger partial charge on any atom is 0.261 e. The van der Waals surface area contributed by atoms with E-state index in [1.165, 1.54) is 12.1 Å². The van der Waals surface area contributed by atoms with Gasteiger partial charge in [-0.1, -0.05) is 12.1 Å². The van der Waals surface area contributed by atoms with E-state index in [1.54, 1.807) is 30.3 Å². The van der Waals surface area contributed by atoms with Crippen LogP contribution in [0.15, 0.2) is 51.8 Å². The largest absolute Gasteiger partial charge is 0.398 e. The van der Waals surface area contributed by atoms with Crippen LogP contribution in [0.25, 0.3) is 0 Å². The van der Waals surface area contributed by atoms with E-state index in [4.69, 9.17) is 10.8 Å². The molecule has 5 nitrogen and oxygen atoms in total. The Labute approximate surface area is 125 Å². The summed E-state index contributed by atoms with van der Waals surface area (Å²) < 4.78 is 27.5. The van der Waals surface area contributed by atoms with Crippen molar-refractivity contribution in [2.24, 2.45) is 0 Å². The minimum absolute atomic E-state index is 0.0870. The van der Waals surface area contributed by atoms with E-state index in [2.05, 4.69) is 20.7 Å². The Hall–Kier alpha value is -1.57. The standard InChI is InChI=1S/C13H13BrN2O3S/c14-12-6-5-11(7-13(12)15)20(18,19)16-10-3-1-9(8-17)2-4-10/h1-7,16-17H,8,15H2. The zero-order valence-corrected chi connectivity index (χ0v) is 12.8. The van der Waals surface area contributed by atoms with Crippen LogP contribution in [0.1, 0.15) is 5.56 Å². The van der Waals surface area contributed by atoms with E-state index >= 15 is 0 Å². The number of hydrogen-bond acceptors (Lipinski definition) is 4. The number of anilines is 2. The van der Waals surface area contributed by atoms with Gasteiger partial charge in [0.05, 0.1) is 11.5 Å². The number of halogens is 1. The SMILES string of the molecule is Nc1cc(S(=O)(=O)Nc2ccc(CO)cc2)ccc1Br. The summed E-state index contributed by atoms with van der Waals surface area (Å²) in [6.07, 6.45) is 0. The van der Waals surface area contributed by atoms with Crippen LogP contribution in [0, 0.1) is 0 Å². The molecule has 0 amide bonds. The van der Waals surface area contributed by atoms with Crippen LogP contribution in [-0.2, 0) is 16.6 Å². The van der Waals surface area contributed by atoms with Gasteiger partial charge in [0.2, 0.25) is 0 Å². The fourth-order valence-corrected chi connectivity index (χ4v) is 2.92. The summed E-state index contributed by atoms with van der Waals surface area (Å²) in [5.41, 5.74) is 7.16. The molecular formula is C13H13BrN2O3S. The van der Waals surface area contributed by atoms with Gasteiger partial charge in [0, 0.05) is 15.8 Å². The molecule has 4 N–H and O–H groups in total. The Morgan fingerprint density at radius 3 is 2.35 bits per heavy atom. The average Bonchev–Trinajstić information content (AvgIpc) is 2.42. The summed E-state index contributed by atoms with van der Waals surface area (Å²) in [6, 6.07) is 10.9. The van der Waals surface area contributed by atoms with Gasteiger partial charge in [0.15, 0.2) is 0 Å². The van der Waals surface area contributed by atoms with Gasteiger partial charge in [-0.15, -0.1) is 0 Å². The van der Waals surface area contributed by atoms with Gasteiger partial charge in [-0.05, 0) is 51.8 Å². The fraction of sp³-hybridized carbons (Fsp3) is 0.0769.